The SMILES string of the molecule is COCCNCC(CCC(C)(C)C)c1ccccc1Cl. The van der Waals surface area contributed by atoms with Crippen molar-refractivity contribution in [3.8, 4) is 0 Å². The van der Waals surface area contributed by atoms with Crippen LogP contribution in [0.2, 0.25) is 5.02 Å². The fourth-order valence-electron chi connectivity index (χ4n) is 2.23. The number of methoxy groups -OCH3 is 1. The summed E-state index contributed by atoms with van der Waals surface area (Å²) in [6, 6.07) is 8.19. The first kappa shape index (κ1) is 17.5. The Labute approximate surface area is 128 Å². The molecule has 1 aromatic carbocycles. The topological polar surface area (TPSA) is 21.3 Å². The lowest BCUT2D eigenvalue weighted by atomic mass is 9.84. The normalized spacial score (nSPS) is 13.4. The van der Waals surface area contributed by atoms with E-state index in [1.165, 1.54) is 12.0 Å². The van der Waals surface area contributed by atoms with Gasteiger partial charge in [0.25, 0.3) is 0 Å². The van der Waals surface area contributed by atoms with E-state index < -0.39 is 0 Å². The van der Waals surface area contributed by atoms with Crippen molar-refractivity contribution in [2.75, 3.05) is 26.8 Å². The van der Waals surface area contributed by atoms with E-state index in [9.17, 15) is 0 Å². The lowest BCUT2D eigenvalue weighted by molar-refractivity contribution is 0.198. The van der Waals surface area contributed by atoms with Crippen molar-refractivity contribution in [3.63, 3.8) is 0 Å². The summed E-state index contributed by atoms with van der Waals surface area (Å²) in [4.78, 5) is 0. The summed E-state index contributed by atoms with van der Waals surface area (Å²) in [5.41, 5.74) is 1.61. The van der Waals surface area contributed by atoms with Crippen molar-refractivity contribution < 1.29 is 4.74 Å². The fraction of sp³-hybridized carbons (Fsp3) is 0.647. The summed E-state index contributed by atoms with van der Waals surface area (Å²) >= 11 is 6.36. The first-order valence-electron chi connectivity index (χ1n) is 7.38. The van der Waals surface area contributed by atoms with Gasteiger partial charge in [0.1, 0.15) is 0 Å². The number of halogens is 1. The Hall–Kier alpha value is -0.570. The average molecular weight is 298 g/mol. The predicted molar refractivity (Wildman–Crippen MR) is 87.6 cm³/mol. The van der Waals surface area contributed by atoms with Crippen LogP contribution in [0, 0.1) is 5.41 Å². The van der Waals surface area contributed by atoms with Gasteiger partial charge in [-0.05, 0) is 35.8 Å². The zero-order valence-electron chi connectivity index (χ0n) is 13.2. The van der Waals surface area contributed by atoms with Crippen molar-refractivity contribution >= 4 is 11.6 Å². The number of ether oxygens (including phenoxy) is 1. The minimum absolute atomic E-state index is 0.353. The Balaban J connectivity index is 2.66. The molecule has 0 aromatic heterocycles. The molecule has 2 nitrogen and oxygen atoms in total. The minimum Gasteiger partial charge on any atom is -0.383 e. The lowest BCUT2D eigenvalue weighted by Crippen LogP contribution is -2.26. The molecule has 1 aromatic rings. The highest BCUT2D eigenvalue weighted by Gasteiger charge is 2.18. The van der Waals surface area contributed by atoms with Gasteiger partial charge in [0.15, 0.2) is 0 Å². The number of hydrogen-bond acceptors (Lipinski definition) is 2. The van der Waals surface area contributed by atoms with Crippen LogP contribution in [0.3, 0.4) is 0 Å². The first-order valence-corrected chi connectivity index (χ1v) is 7.76. The molecular weight excluding hydrogens is 270 g/mol. The minimum atomic E-state index is 0.353. The van der Waals surface area contributed by atoms with Gasteiger partial charge in [-0.15, -0.1) is 0 Å². The molecule has 0 heterocycles. The highest BCUT2D eigenvalue weighted by Crippen LogP contribution is 2.31. The molecule has 1 unspecified atom stereocenters. The molecule has 114 valence electrons. The van der Waals surface area contributed by atoms with Gasteiger partial charge in [-0.2, -0.15) is 0 Å². The van der Waals surface area contributed by atoms with Crippen LogP contribution in [0.25, 0.3) is 0 Å². The summed E-state index contributed by atoms with van der Waals surface area (Å²) in [6.07, 6.45) is 2.34. The van der Waals surface area contributed by atoms with E-state index in [-0.39, 0.29) is 0 Å². The van der Waals surface area contributed by atoms with Gasteiger partial charge >= 0.3 is 0 Å². The third-order valence-electron chi connectivity index (χ3n) is 3.46. The monoisotopic (exact) mass is 297 g/mol. The predicted octanol–water partition coefficient (Wildman–Crippen LogP) is 4.49. The molecule has 0 spiro atoms. The van der Waals surface area contributed by atoms with Gasteiger partial charge in [0.05, 0.1) is 6.61 Å². The van der Waals surface area contributed by atoms with E-state index in [4.69, 9.17) is 16.3 Å². The molecule has 0 fully saturated rings. The molecule has 0 aliphatic carbocycles. The number of benzene rings is 1. The second kappa shape index (κ2) is 8.66. The van der Waals surface area contributed by atoms with Crippen LogP contribution < -0.4 is 5.32 Å². The molecular formula is C17H28ClNO. The van der Waals surface area contributed by atoms with E-state index in [0.717, 1.165) is 31.1 Å². The van der Waals surface area contributed by atoms with Gasteiger partial charge in [-0.25, -0.2) is 0 Å². The van der Waals surface area contributed by atoms with Gasteiger partial charge in [0.2, 0.25) is 0 Å². The maximum absolute atomic E-state index is 6.36. The van der Waals surface area contributed by atoms with Crippen LogP contribution in [-0.2, 0) is 4.74 Å². The molecule has 3 heteroatoms. The van der Waals surface area contributed by atoms with Crippen LogP contribution in [-0.4, -0.2) is 26.8 Å². The van der Waals surface area contributed by atoms with E-state index in [1.54, 1.807) is 7.11 Å². The molecule has 0 aliphatic rings. The van der Waals surface area contributed by atoms with Crippen molar-refractivity contribution in [1.82, 2.24) is 5.32 Å². The fourth-order valence-corrected chi connectivity index (χ4v) is 2.52. The van der Waals surface area contributed by atoms with Gasteiger partial charge in [-0.3, -0.25) is 0 Å². The van der Waals surface area contributed by atoms with Crippen LogP contribution in [0.4, 0.5) is 0 Å². The molecule has 0 bridgehead atoms. The molecule has 1 atom stereocenters. The largest absolute Gasteiger partial charge is 0.383 e. The summed E-state index contributed by atoms with van der Waals surface area (Å²) in [6.45, 7) is 9.43. The maximum Gasteiger partial charge on any atom is 0.0587 e. The average Bonchev–Trinajstić information content (AvgIpc) is 2.38. The third-order valence-corrected chi connectivity index (χ3v) is 3.81. The van der Waals surface area contributed by atoms with E-state index >= 15 is 0 Å². The zero-order chi connectivity index (χ0) is 15.0. The van der Waals surface area contributed by atoms with Crippen molar-refractivity contribution in [2.45, 2.75) is 39.5 Å². The molecule has 20 heavy (non-hydrogen) atoms. The number of rotatable bonds is 8. The Morgan fingerprint density at radius 1 is 1.25 bits per heavy atom. The standard InChI is InChI=1S/C17H28ClNO/c1-17(2,3)10-9-14(13-19-11-12-20-4)15-7-5-6-8-16(15)18/h5-8,14,19H,9-13H2,1-4H3. The summed E-state index contributed by atoms with van der Waals surface area (Å²) in [5, 5.41) is 4.34. The maximum atomic E-state index is 6.36. The summed E-state index contributed by atoms with van der Waals surface area (Å²) < 4.78 is 5.08. The molecule has 0 amide bonds. The van der Waals surface area contributed by atoms with Crippen LogP contribution in [0.5, 0.6) is 0 Å². The Morgan fingerprint density at radius 3 is 2.55 bits per heavy atom. The first-order chi connectivity index (χ1) is 9.44. The smallest absolute Gasteiger partial charge is 0.0587 e. The van der Waals surface area contributed by atoms with Crippen LogP contribution >= 0.6 is 11.6 Å². The summed E-state index contributed by atoms with van der Waals surface area (Å²) in [7, 11) is 1.73. The van der Waals surface area contributed by atoms with Gasteiger partial charge < -0.3 is 10.1 Å². The summed E-state index contributed by atoms with van der Waals surface area (Å²) in [5.74, 6) is 0.458. The van der Waals surface area contributed by atoms with Gasteiger partial charge in [-0.1, -0.05) is 50.6 Å². The van der Waals surface area contributed by atoms with E-state index in [1.807, 2.05) is 12.1 Å². The molecule has 0 saturated heterocycles. The van der Waals surface area contributed by atoms with E-state index in [2.05, 4.69) is 38.2 Å². The van der Waals surface area contributed by atoms with Crippen molar-refractivity contribution in [1.29, 1.82) is 0 Å². The van der Waals surface area contributed by atoms with Gasteiger partial charge in [0, 0.05) is 25.2 Å². The van der Waals surface area contributed by atoms with Crippen LogP contribution in [0.1, 0.15) is 45.1 Å². The van der Waals surface area contributed by atoms with Crippen molar-refractivity contribution in [3.05, 3.63) is 34.9 Å². The molecule has 1 N–H and O–H groups in total. The number of nitrogens with one attached hydrogen (secondary N) is 1. The highest BCUT2D eigenvalue weighted by atomic mass is 35.5. The second-order valence-corrected chi connectivity index (χ2v) is 6.92. The molecule has 0 radical (unpaired) electrons. The van der Waals surface area contributed by atoms with Crippen molar-refractivity contribution in [2.24, 2.45) is 5.41 Å². The van der Waals surface area contributed by atoms with Crippen LogP contribution in [0.15, 0.2) is 24.3 Å². The number of hydrogen-bond donors (Lipinski definition) is 1. The molecule has 0 saturated carbocycles. The third kappa shape index (κ3) is 6.74. The zero-order valence-corrected chi connectivity index (χ0v) is 14.0. The molecule has 0 aliphatic heterocycles. The Morgan fingerprint density at radius 2 is 1.95 bits per heavy atom. The van der Waals surface area contributed by atoms with E-state index in [0.29, 0.717) is 11.3 Å². The quantitative estimate of drug-likeness (QED) is 0.714. The second-order valence-electron chi connectivity index (χ2n) is 6.51. The Kier molecular flexibility index (Phi) is 7.57. The Bertz CT molecular complexity index is 387. The lowest BCUT2D eigenvalue weighted by Gasteiger charge is -2.24. The molecule has 1 rings (SSSR count). The highest BCUT2D eigenvalue weighted by molar-refractivity contribution is 6.31.